The van der Waals surface area contributed by atoms with Gasteiger partial charge in [-0.2, -0.15) is 8.78 Å². The standard InChI is InChI=1S/C12H10F2O/c1-2-11(15)12(13,14)9-8-10-6-4-3-5-7-10/h2-7,11,15H,1H2. The van der Waals surface area contributed by atoms with Crippen LogP contribution in [0.15, 0.2) is 43.0 Å². The van der Waals surface area contributed by atoms with Crippen LogP contribution in [0, 0.1) is 11.8 Å². The number of halogens is 2. The summed E-state index contributed by atoms with van der Waals surface area (Å²) in [5, 5.41) is 8.89. The SMILES string of the molecule is C=CC(O)C(F)(F)C#Cc1ccccc1. The molecular weight excluding hydrogens is 198 g/mol. The molecule has 0 saturated heterocycles. The van der Waals surface area contributed by atoms with E-state index in [0.29, 0.717) is 5.56 Å². The Balaban J connectivity index is 2.86. The number of hydrogen-bond donors (Lipinski definition) is 1. The van der Waals surface area contributed by atoms with E-state index in [2.05, 4.69) is 12.5 Å². The van der Waals surface area contributed by atoms with E-state index in [1.165, 1.54) is 0 Å². The fourth-order valence-corrected chi connectivity index (χ4v) is 0.899. The summed E-state index contributed by atoms with van der Waals surface area (Å²) >= 11 is 0. The molecule has 0 bridgehead atoms. The summed E-state index contributed by atoms with van der Waals surface area (Å²) in [6.45, 7) is 3.08. The van der Waals surface area contributed by atoms with Crippen molar-refractivity contribution in [1.82, 2.24) is 0 Å². The van der Waals surface area contributed by atoms with Crippen molar-refractivity contribution in [3.8, 4) is 11.8 Å². The highest BCUT2D eigenvalue weighted by Gasteiger charge is 2.33. The highest BCUT2D eigenvalue weighted by atomic mass is 19.3. The Labute approximate surface area is 87.1 Å². The molecule has 0 aliphatic carbocycles. The molecule has 0 fully saturated rings. The second kappa shape index (κ2) is 4.72. The molecule has 1 N–H and O–H groups in total. The topological polar surface area (TPSA) is 20.2 Å². The maximum Gasteiger partial charge on any atom is 0.337 e. The Hall–Kier alpha value is -1.66. The molecule has 1 aromatic rings. The van der Waals surface area contributed by atoms with E-state index < -0.39 is 12.0 Å². The number of aliphatic hydroxyl groups excluding tert-OH is 1. The Morgan fingerprint density at radius 1 is 1.33 bits per heavy atom. The summed E-state index contributed by atoms with van der Waals surface area (Å²) in [6.07, 6.45) is -1.17. The Morgan fingerprint density at radius 3 is 2.47 bits per heavy atom. The van der Waals surface area contributed by atoms with Crippen LogP contribution in [0.2, 0.25) is 0 Å². The molecule has 15 heavy (non-hydrogen) atoms. The number of aliphatic hydroxyl groups is 1. The first-order valence-electron chi connectivity index (χ1n) is 4.33. The van der Waals surface area contributed by atoms with Gasteiger partial charge in [0.25, 0.3) is 0 Å². The Bertz CT molecular complexity index is 387. The fourth-order valence-electron chi connectivity index (χ4n) is 0.899. The lowest BCUT2D eigenvalue weighted by Gasteiger charge is -2.12. The van der Waals surface area contributed by atoms with E-state index in [0.717, 1.165) is 6.08 Å². The number of hydrogen-bond acceptors (Lipinski definition) is 1. The van der Waals surface area contributed by atoms with Crippen LogP contribution in [0.1, 0.15) is 5.56 Å². The minimum atomic E-state index is -3.46. The summed E-state index contributed by atoms with van der Waals surface area (Å²) in [5.74, 6) is 0.553. The third kappa shape index (κ3) is 3.19. The monoisotopic (exact) mass is 208 g/mol. The van der Waals surface area contributed by atoms with E-state index >= 15 is 0 Å². The smallest absolute Gasteiger partial charge is 0.337 e. The van der Waals surface area contributed by atoms with E-state index in [4.69, 9.17) is 5.11 Å². The maximum absolute atomic E-state index is 13.0. The van der Waals surface area contributed by atoms with Crippen LogP contribution in [0.4, 0.5) is 8.78 Å². The molecular formula is C12H10F2O. The molecule has 0 amide bonds. The molecule has 1 unspecified atom stereocenters. The first-order chi connectivity index (χ1) is 7.06. The van der Waals surface area contributed by atoms with E-state index in [-0.39, 0.29) is 0 Å². The van der Waals surface area contributed by atoms with Crippen molar-refractivity contribution >= 4 is 0 Å². The van der Waals surface area contributed by atoms with Crippen molar-refractivity contribution in [2.24, 2.45) is 0 Å². The fraction of sp³-hybridized carbons (Fsp3) is 0.167. The van der Waals surface area contributed by atoms with Crippen molar-refractivity contribution in [1.29, 1.82) is 0 Å². The Kier molecular flexibility index (Phi) is 3.59. The number of alkyl halides is 2. The molecule has 0 radical (unpaired) electrons. The van der Waals surface area contributed by atoms with Gasteiger partial charge in [-0.3, -0.25) is 0 Å². The van der Waals surface area contributed by atoms with Gasteiger partial charge in [0, 0.05) is 5.56 Å². The van der Waals surface area contributed by atoms with E-state index in [1.807, 2.05) is 0 Å². The molecule has 0 aliphatic heterocycles. The molecule has 0 saturated carbocycles. The third-order valence-corrected chi connectivity index (χ3v) is 1.74. The van der Waals surface area contributed by atoms with Gasteiger partial charge in [-0.25, -0.2) is 0 Å². The van der Waals surface area contributed by atoms with Crippen LogP contribution >= 0.6 is 0 Å². The van der Waals surface area contributed by atoms with Gasteiger partial charge in [0.05, 0.1) is 0 Å². The van der Waals surface area contributed by atoms with Crippen LogP contribution in [0.3, 0.4) is 0 Å². The molecule has 0 heterocycles. The minimum absolute atomic E-state index is 0.480. The van der Waals surface area contributed by atoms with Crippen molar-refractivity contribution < 1.29 is 13.9 Å². The first-order valence-corrected chi connectivity index (χ1v) is 4.33. The number of benzene rings is 1. The predicted molar refractivity (Wildman–Crippen MR) is 54.5 cm³/mol. The lowest BCUT2D eigenvalue weighted by atomic mass is 10.1. The van der Waals surface area contributed by atoms with Gasteiger partial charge < -0.3 is 5.11 Å². The molecule has 1 nitrogen and oxygen atoms in total. The van der Waals surface area contributed by atoms with Crippen molar-refractivity contribution in [3.63, 3.8) is 0 Å². The van der Waals surface area contributed by atoms with Gasteiger partial charge in [0.1, 0.15) is 6.10 Å². The molecule has 3 heteroatoms. The molecule has 78 valence electrons. The van der Waals surface area contributed by atoms with Crippen LogP contribution in [-0.4, -0.2) is 17.1 Å². The van der Waals surface area contributed by atoms with Gasteiger partial charge in [0.15, 0.2) is 0 Å². The van der Waals surface area contributed by atoms with Gasteiger partial charge in [-0.15, -0.1) is 6.58 Å². The summed E-state index contributed by atoms with van der Waals surface area (Å²) in [7, 11) is 0. The lowest BCUT2D eigenvalue weighted by molar-refractivity contribution is -0.0364. The zero-order valence-electron chi connectivity index (χ0n) is 7.95. The highest BCUT2D eigenvalue weighted by molar-refractivity contribution is 5.35. The Morgan fingerprint density at radius 2 is 1.93 bits per heavy atom. The van der Waals surface area contributed by atoms with Crippen molar-refractivity contribution in [2.45, 2.75) is 12.0 Å². The predicted octanol–water partition coefficient (Wildman–Crippen LogP) is 2.22. The zero-order valence-corrected chi connectivity index (χ0v) is 7.95. The van der Waals surface area contributed by atoms with E-state index in [1.54, 1.807) is 36.3 Å². The van der Waals surface area contributed by atoms with Gasteiger partial charge in [-0.1, -0.05) is 30.2 Å². The average molecular weight is 208 g/mol. The van der Waals surface area contributed by atoms with Crippen LogP contribution in [0.5, 0.6) is 0 Å². The van der Waals surface area contributed by atoms with Crippen molar-refractivity contribution in [3.05, 3.63) is 48.6 Å². The third-order valence-electron chi connectivity index (χ3n) is 1.74. The quantitative estimate of drug-likeness (QED) is 0.583. The van der Waals surface area contributed by atoms with Crippen LogP contribution in [0.25, 0.3) is 0 Å². The summed E-state index contributed by atoms with van der Waals surface area (Å²) in [5.41, 5.74) is 0.480. The van der Waals surface area contributed by atoms with E-state index in [9.17, 15) is 8.78 Å². The average Bonchev–Trinajstić information content (AvgIpc) is 2.27. The van der Waals surface area contributed by atoms with Gasteiger partial charge in [-0.05, 0) is 18.1 Å². The molecule has 1 atom stereocenters. The zero-order chi connectivity index (χ0) is 11.3. The summed E-state index contributed by atoms with van der Waals surface area (Å²) < 4.78 is 26.0. The largest absolute Gasteiger partial charge is 0.382 e. The molecule has 0 aromatic heterocycles. The number of rotatable bonds is 2. The van der Waals surface area contributed by atoms with Crippen LogP contribution < -0.4 is 0 Å². The molecule has 1 rings (SSSR count). The first kappa shape index (κ1) is 11.4. The maximum atomic E-state index is 13.0. The van der Waals surface area contributed by atoms with Crippen LogP contribution in [-0.2, 0) is 0 Å². The van der Waals surface area contributed by atoms with Gasteiger partial charge in [0.2, 0.25) is 0 Å². The molecule has 0 aliphatic rings. The second-order valence-electron chi connectivity index (χ2n) is 2.92. The normalized spacial score (nSPS) is 12.5. The minimum Gasteiger partial charge on any atom is -0.382 e. The van der Waals surface area contributed by atoms with Crippen molar-refractivity contribution in [2.75, 3.05) is 0 Å². The molecule has 0 spiro atoms. The molecule has 1 aromatic carbocycles. The summed E-state index contributed by atoms with van der Waals surface area (Å²) in [4.78, 5) is 0. The second-order valence-corrected chi connectivity index (χ2v) is 2.92. The van der Waals surface area contributed by atoms with Gasteiger partial charge >= 0.3 is 5.92 Å². The summed E-state index contributed by atoms with van der Waals surface area (Å²) in [6, 6.07) is 8.40. The highest BCUT2D eigenvalue weighted by Crippen LogP contribution is 2.18. The lowest BCUT2D eigenvalue weighted by Crippen LogP contribution is -2.29.